The minimum Gasteiger partial charge on any atom is -0.339 e. The van der Waals surface area contributed by atoms with E-state index in [1.165, 1.54) is 11.8 Å². The fourth-order valence-corrected chi connectivity index (χ4v) is 4.59. The van der Waals surface area contributed by atoms with E-state index >= 15 is 0 Å². The Morgan fingerprint density at radius 3 is 2.50 bits per heavy atom. The highest BCUT2D eigenvalue weighted by Gasteiger charge is 2.24. The second kappa shape index (κ2) is 8.71. The molecule has 0 spiro atoms. The molecule has 30 heavy (non-hydrogen) atoms. The zero-order valence-corrected chi connectivity index (χ0v) is 18.1. The normalized spacial score (nSPS) is 15.5. The van der Waals surface area contributed by atoms with E-state index in [-0.39, 0.29) is 11.8 Å². The van der Waals surface area contributed by atoms with Crippen molar-refractivity contribution >= 4 is 40.8 Å². The largest absolute Gasteiger partial charge is 0.339 e. The molecule has 8 heteroatoms. The van der Waals surface area contributed by atoms with Gasteiger partial charge in [-0.3, -0.25) is 9.59 Å². The van der Waals surface area contributed by atoms with Crippen molar-refractivity contribution < 1.29 is 19.4 Å². The Hall–Kier alpha value is -2.48. The molecule has 1 saturated heterocycles. The van der Waals surface area contributed by atoms with Crippen LogP contribution in [-0.4, -0.2) is 47.8 Å². The van der Waals surface area contributed by atoms with Crippen molar-refractivity contribution in [1.29, 1.82) is 0 Å². The lowest BCUT2D eigenvalue weighted by molar-refractivity contribution is -0.194. The smallest absolute Gasteiger partial charge is 0.253 e. The van der Waals surface area contributed by atoms with Gasteiger partial charge in [0.05, 0.1) is 5.02 Å². The topological polar surface area (TPSA) is 59.1 Å². The number of amides is 2. The van der Waals surface area contributed by atoms with Gasteiger partial charge in [-0.05, 0) is 35.9 Å². The molecule has 0 bridgehead atoms. The first-order valence-corrected chi connectivity index (χ1v) is 10.8. The maximum atomic E-state index is 12.8. The number of carbonyl (C=O) groups is 2. The van der Waals surface area contributed by atoms with Crippen LogP contribution in [0.1, 0.15) is 18.1 Å². The number of halogens is 1. The average molecular weight is 445 g/mol. The van der Waals surface area contributed by atoms with Crippen LogP contribution >= 0.6 is 23.4 Å². The number of benzene rings is 2. The summed E-state index contributed by atoms with van der Waals surface area (Å²) in [6.07, 6.45) is 0. The van der Waals surface area contributed by atoms with Crippen molar-refractivity contribution in [3.05, 3.63) is 59.1 Å². The Balaban J connectivity index is 1.43. The molecule has 0 radical (unpaired) electrons. The Kier molecular flexibility index (Phi) is 6.04. The van der Waals surface area contributed by atoms with Crippen LogP contribution < -0.4 is 4.89 Å². The third-order valence-corrected chi connectivity index (χ3v) is 6.66. The Labute approximate surface area is 184 Å². The van der Waals surface area contributed by atoms with E-state index in [0.29, 0.717) is 48.9 Å². The number of fused-ring (bicyclic) bond motifs is 1. The molecule has 156 valence electrons. The van der Waals surface area contributed by atoms with Gasteiger partial charge in [-0.25, -0.2) is 0 Å². The molecular weight excluding hydrogens is 424 g/mol. The molecule has 0 aromatic heterocycles. The van der Waals surface area contributed by atoms with Crippen molar-refractivity contribution in [3.63, 3.8) is 0 Å². The molecule has 0 unspecified atom stereocenters. The summed E-state index contributed by atoms with van der Waals surface area (Å²) in [4.78, 5) is 39.7. The molecule has 0 N–H and O–H groups in total. The van der Waals surface area contributed by atoms with Crippen LogP contribution in [0, 0.1) is 0 Å². The summed E-state index contributed by atoms with van der Waals surface area (Å²) in [7, 11) is 0. The van der Waals surface area contributed by atoms with E-state index in [9.17, 15) is 9.59 Å². The Bertz CT molecular complexity index is 1020. The number of rotatable bonds is 4. The van der Waals surface area contributed by atoms with Crippen molar-refractivity contribution in [1.82, 2.24) is 9.80 Å². The molecule has 2 aromatic rings. The van der Waals surface area contributed by atoms with Gasteiger partial charge in [0.15, 0.2) is 5.75 Å². The first-order valence-electron chi connectivity index (χ1n) is 9.56. The lowest BCUT2D eigenvalue weighted by Gasteiger charge is -2.34. The Morgan fingerprint density at radius 1 is 1.07 bits per heavy atom. The van der Waals surface area contributed by atoms with E-state index in [1.54, 1.807) is 22.8 Å². The highest BCUT2D eigenvalue weighted by Crippen LogP contribution is 2.38. The van der Waals surface area contributed by atoms with Crippen LogP contribution in [0.2, 0.25) is 5.02 Å². The highest BCUT2D eigenvalue weighted by molar-refractivity contribution is 7.99. The number of carbonyl (C=O) groups excluding carboxylic acids is 2. The summed E-state index contributed by atoms with van der Waals surface area (Å²) in [5.74, 6) is 0.636. The molecule has 2 aromatic carbocycles. The van der Waals surface area contributed by atoms with Gasteiger partial charge in [0.25, 0.3) is 5.91 Å². The maximum absolute atomic E-state index is 12.8. The van der Waals surface area contributed by atoms with Gasteiger partial charge in [-0.2, -0.15) is 4.89 Å². The second-order valence-corrected chi connectivity index (χ2v) is 8.66. The average Bonchev–Trinajstić information content (AvgIpc) is 3.22. The van der Waals surface area contributed by atoms with Crippen LogP contribution in [0.5, 0.6) is 5.75 Å². The number of nitrogens with zero attached hydrogens (tertiary/aromatic N) is 2. The zero-order chi connectivity index (χ0) is 21.3. The summed E-state index contributed by atoms with van der Waals surface area (Å²) < 4.78 is 0. The number of hydrogen-bond donors (Lipinski definition) is 0. The van der Waals surface area contributed by atoms with Crippen LogP contribution in [0.3, 0.4) is 0 Å². The molecule has 0 atom stereocenters. The third kappa shape index (κ3) is 4.33. The SMILES string of the molecule is C=C(C(=O)N1CCN(C(C)=O)CC1)c1ccc(Sc2ccc3c(c2)COO3)c(Cl)c1. The number of hydrogen-bond acceptors (Lipinski definition) is 5. The maximum Gasteiger partial charge on any atom is 0.253 e. The van der Waals surface area contributed by atoms with Crippen molar-refractivity contribution in [2.75, 3.05) is 26.2 Å². The van der Waals surface area contributed by atoms with Crippen LogP contribution in [-0.2, 0) is 21.1 Å². The Morgan fingerprint density at radius 2 is 1.80 bits per heavy atom. The molecule has 6 nitrogen and oxygen atoms in total. The molecule has 0 aliphatic carbocycles. The lowest BCUT2D eigenvalue weighted by atomic mass is 10.1. The third-order valence-electron chi connectivity index (χ3n) is 5.17. The van der Waals surface area contributed by atoms with Crippen LogP contribution in [0.4, 0.5) is 0 Å². The van der Waals surface area contributed by atoms with Gasteiger partial charge < -0.3 is 14.7 Å². The molecule has 2 aliphatic rings. The minimum absolute atomic E-state index is 0.0317. The van der Waals surface area contributed by atoms with Gasteiger partial charge in [-0.1, -0.05) is 36.0 Å². The van der Waals surface area contributed by atoms with Crippen molar-refractivity contribution in [2.24, 2.45) is 0 Å². The highest BCUT2D eigenvalue weighted by atomic mass is 35.5. The summed E-state index contributed by atoms with van der Waals surface area (Å²) >= 11 is 8.04. The van der Waals surface area contributed by atoms with E-state index < -0.39 is 0 Å². The summed E-state index contributed by atoms with van der Waals surface area (Å²) in [6, 6.07) is 11.4. The first kappa shape index (κ1) is 20.8. The lowest BCUT2D eigenvalue weighted by Crippen LogP contribution is -2.50. The van der Waals surface area contributed by atoms with Gasteiger partial charge in [0.1, 0.15) is 6.61 Å². The van der Waals surface area contributed by atoms with E-state index in [1.807, 2.05) is 30.3 Å². The van der Waals surface area contributed by atoms with E-state index in [2.05, 4.69) is 6.58 Å². The molecule has 1 fully saturated rings. The van der Waals surface area contributed by atoms with Crippen LogP contribution in [0.15, 0.2) is 52.8 Å². The molecule has 0 saturated carbocycles. The van der Waals surface area contributed by atoms with Gasteiger partial charge in [0.2, 0.25) is 5.91 Å². The first-order chi connectivity index (χ1) is 14.4. The monoisotopic (exact) mass is 444 g/mol. The second-order valence-electron chi connectivity index (χ2n) is 7.14. The molecule has 2 amide bonds. The van der Waals surface area contributed by atoms with E-state index in [4.69, 9.17) is 21.4 Å². The quantitative estimate of drug-likeness (QED) is 0.526. The molecular formula is C22H21ClN2O4S. The predicted octanol–water partition coefficient (Wildman–Crippen LogP) is 4.02. The number of piperazine rings is 1. The predicted molar refractivity (Wildman–Crippen MR) is 115 cm³/mol. The van der Waals surface area contributed by atoms with Crippen molar-refractivity contribution in [2.45, 2.75) is 23.3 Å². The summed E-state index contributed by atoms with van der Waals surface area (Å²) in [6.45, 7) is 8.05. The van der Waals surface area contributed by atoms with Crippen molar-refractivity contribution in [3.8, 4) is 5.75 Å². The van der Waals surface area contributed by atoms with Crippen LogP contribution in [0.25, 0.3) is 5.57 Å². The van der Waals surface area contributed by atoms with E-state index in [0.717, 1.165) is 21.1 Å². The molecule has 2 aliphatic heterocycles. The minimum atomic E-state index is -0.131. The van der Waals surface area contributed by atoms with Gasteiger partial charge in [-0.15, -0.1) is 0 Å². The fraction of sp³-hybridized carbons (Fsp3) is 0.273. The van der Waals surface area contributed by atoms with Gasteiger partial charge >= 0.3 is 0 Å². The molecule has 2 heterocycles. The zero-order valence-electron chi connectivity index (χ0n) is 16.5. The summed E-state index contributed by atoms with van der Waals surface area (Å²) in [5.41, 5.74) is 2.09. The summed E-state index contributed by atoms with van der Waals surface area (Å²) in [5, 5.41) is 0.556. The van der Waals surface area contributed by atoms with Gasteiger partial charge in [0, 0.05) is 54.0 Å². The standard InChI is InChI=1S/C22H21ClN2O4S/c1-14(22(27)25-9-7-24(8-10-25)15(2)26)16-3-6-21(19(23)12-16)30-18-4-5-20-17(11-18)13-28-29-20/h3-6,11-12H,1,7-10,13H2,2H3. The molecule has 4 rings (SSSR count). The fourth-order valence-electron chi connectivity index (χ4n) is 3.41.